The Bertz CT molecular complexity index is 846. The Morgan fingerprint density at radius 3 is 2.54 bits per heavy atom. The molecule has 2 aromatic carbocycles. The van der Waals surface area contributed by atoms with Crippen molar-refractivity contribution in [2.24, 2.45) is 0 Å². The van der Waals surface area contributed by atoms with Crippen molar-refractivity contribution in [3.8, 4) is 5.75 Å². The molecule has 1 aliphatic rings. The number of ether oxygens (including phenoxy) is 1. The lowest BCUT2D eigenvalue weighted by molar-refractivity contribution is -0.0773. The number of aryl methyl sites for hydroxylation is 1. The van der Waals surface area contributed by atoms with Gasteiger partial charge in [-0.1, -0.05) is 42.5 Å². The first kappa shape index (κ1) is 17.0. The van der Waals surface area contributed by atoms with Gasteiger partial charge in [-0.25, -0.2) is 0 Å². The third-order valence-electron chi connectivity index (χ3n) is 4.18. The van der Waals surface area contributed by atoms with Crippen LogP contribution >= 0.6 is 0 Å². The highest BCUT2D eigenvalue weighted by Gasteiger charge is 2.47. The van der Waals surface area contributed by atoms with E-state index in [1.165, 1.54) is 0 Å². The van der Waals surface area contributed by atoms with Gasteiger partial charge in [0.05, 0.1) is 12.9 Å². The number of hydrogen-bond donors (Lipinski definition) is 1. The highest BCUT2D eigenvalue weighted by molar-refractivity contribution is 7.85. The molecule has 0 aliphatic heterocycles. The molecular formula is C18H20O5S. The molecule has 0 heterocycles. The van der Waals surface area contributed by atoms with Gasteiger partial charge in [-0.05, 0) is 29.7 Å². The summed E-state index contributed by atoms with van der Waals surface area (Å²) in [6.45, 7) is 1.57. The fourth-order valence-corrected chi connectivity index (χ4v) is 3.41. The predicted molar refractivity (Wildman–Crippen MR) is 90.4 cm³/mol. The normalized spacial score (nSPS) is 23.0. The molecule has 6 heteroatoms. The van der Waals surface area contributed by atoms with Gasteiger partial charge in [0.2, 0.25) is 0 Å². The van der Waals surface area contributed by atoms with Crippen molar-refractivity contribution in [1.82, 2.24) is 0 Å². The molecule has 5 nitrogen and oxygen atoms in total. The number of para-hydroxylation sites is 1. The van der Waals surface area contributed by atoms with Gasteiger partial charge in [0, 0.05) is 6.42 Å². The Morgan fingerprint density at radius 1 is 1.17 bits per heavy atom. The lowest BCUT2D eigenvalue weighted by Gasteiger charge is -2.30. The maximum Gasteiger partial charge on any atom is 0.264 e. The Kier molecular flexibility index (Phi) is 4.38. The van der Waals surface area contributed by atoms with Crippen molar-refractivity contribution >= 4 is 10.1 Å². The largest absolute Gasteiger partial charge is 0.482 e. The fourth-order valence-electron chi connectivity index (χ4n) is 2.99. The zero-order chi connectivity index (χ0) is 17.4. The summed E-state index contributed by atoms with van der Waals surface area (Å²) in [5.74, 6) is 0.650. The smallest absolute Gasteiger partial charge is 0.264 e. The minimum absolute atomic E-state index is 0.273. The number of aliphatic hydroxyl groups is 1. The monoisotopic (exact) mass is 348 g/mol. The Hall–Kier alpha value is -1.89. The maximum absolute atomic E-state index is 11.3. The summed E-state index contributed by atoms with van der Waals surface area (Å²) in [4.78, 5) is 0. The second kappa shape index (κ2) is 6.20. The predicted octanol–water partition coefficient (Wildman–Crippen LogP) is 2.38. The van der Waals surface area contributed by atoms with Crippen LogP contribution < -0.4 is 4.74 Å². The van der Waals surface area contributed by atoms with Crippen LogP contribution in [0.2, 0.25) is 0 Å². The SMILES string of the molecule is Cc1ccccc1O[C@H]1c2ccccc2C[C@@]1(O)COS(C)(=O)=O. The second-order valence-electron chi connectivity index (χ2n) is 6.21. The Balaban J connectivity index is 1.95. The van der Waals surface area contributed by atoms with Gasteiger partial charge in [0.1, 0.15) is 11.4 Å². The van der Waals surface area contributed by atoms with Gasteiger partial charge in [-0.15, -0.1) is 0 Å². The quantitative estimate of drug-likeness (QED) is 0.840. The van der Waals surface area contributed by atoms with Crippen molar-refractivity contribution in [1.29, 1.82) is 0 Å². The van der Waals surface area contributed by atoms with Crippen molar-refractivity contribution in [2.75, 3.05) is 12.9 Å². The van der Waals surface area contributed by atoms with Crippen LogP contribution in [0.5, 0.6) is 5.75 Å². The van der Waals surface area contributed by atoms with Crippen LogP contribution in [0.25, 0.3) is 0 Å². The second-order valence-corrected chi connectivity index (χ2v) is 7.85. The summed E-state index contributed by atoms with van der Waals surface area (Å²) >= 11 is 0. The highest BCUT2D eigenvalue weighted by atomic mass is 32.2. The molecule has 2 atom stereocenters. The maximum atomic E-state index is 11.3. The molecule has 128 valence electrons. The average Bonchev–Trinajstić information content (AvgIpc) is 2.80. The van der Waals surface area contributed by atoms with Crippen molar-refractivity contribution in [2.45, 2.75) is 25.0 Å². The van der Waals surface area contributed by atoms with E-state index in [1.807, 2.05) is 55.5 Å². The van der Waals surface area contributed by atoms with Crippen LogP contribution in [0.15, 0.2) is 48.5 Å². The van der Waals surface area contributed by atoms with E-state index in [1.54, 1.807) is 0 Å². The van der Waals surface area contributed by atoms with Crippen LogP contribution in [0.3, 0.4) is 0 Å². The summed E-state index contributed by atoms with van der Waals surface area (Å²) in [6, 6.07) is 15.1. The van der Waals surface area contributed by atoms with E-state index in [4.69, 9.17) is 8.92 Å². The Morgan fingerprint density at radius 2 is 1.83 bits per heavy atom. The van der Waals surface area contributed by atoms with Crippen LogP contribution in [0, 0.1) is 6.92 Å². The molecule has 1 aliphatic carbocycles. The molecule has 0 unspecified atom stereocenters. The van der Waals surface area contributed by atoms with Gasteiger partial charge in [0.25, 0.3) is 10.1 Å². The highest BCUT2D eigenvalue weighted by Crippen LogP contribution is 2.43. The zero-order valence-corrected chi connectivity index (χ0v) is 14.4. The van der Waals surface area contributed by atoms with Crippen molar-refractivity contribution < 1.29 is 22.4 Å². The van der Waals surface area contributed by atoms with Gasteiger partial charge in [-0.2, -0.15) is 8.42 Å². The van der Waals surface area contributed by atoms with Crippen LogP contribution in [-0.2, 0) is 20.7 Å². The molecular weight excluding hydrogens is 328 g/mol. The van der Waals surface area contributed by atoms with Gasteiger partial charge >= 0.3 is 0 Å². The fraction of sp³-hybridized carbons (Fsp3) is 0.333. The first-order chi connectivity index (χ1) is 11.3. The molecule has 0 fully saturated rings. The topological polar surface area (TPSA) is 72.8 Å². The standard InChI is InChI=1S/C18H20O5S/c1-13-7-3-6-10-16(13)23-17-15-9-5-4-8-14(15)11-18(17,19)12-22-24(2,20)21/h3-10,17,19H,11-12H2,1-2H3/t17-,18+/m0/s1. The average molecular weight is 348 g/mol. The van der Waals surface area contributed by atoms with Crippen LogP contribution in [-0.4, -0.2) is 32.0 Å². The van der Waals surface area contributed by atoms with E-state index in [0.29, 0.717) is 5.75 Å². The van der Waals surface area contributed by atoms with E-state index in [-0.39, 0.29) is 13.0 Å². The number of fused-ring (bicyclic) bond motifs is 1. The van der Waals surface area contributed by atoms with Gasteiger partial charge < -0.3 is 9.84 Å². The van der Waals surface area contributed by atoms with Crippen LogP contribution in [0.4, 0.5) is 0 Å². The Labute approximate surface area is 142 Å². The van der Waals surface area contributed by atoms with E-state index < -0.39 is 21.8 Å². The molecule has 24 heavy (non-hydrogen) atoms. The van der Waals surface area contributed by atoms with Crippen molar-refractivity contribution in [3.63, 3.8) is 0 Å². The molecule has 0 spiro atoms. The number of hydrogen-bond acceptors (Lipinski definition) is 5. The lowest BCUT2D eigenvalue weighted by atomic mass is 9.98. The summed E-state index contributed by atoms with van der Waals surface area (Å²) in [5.41, 5.74) is 1.26. The molecule has 0 radical (unpaired) electrons. The third kappa shape index (κ3) is 3.45. The molecule has 0 amide bonds. The zero-order valence-electron chi connectivity index (χ0n) is 13.6. The minimum atomic E-state index is -3.66. The summed E-state index contributed by atoms with van der Waals surface area (Å²) < 4.78 is 33.7. The minimum Gasteiger partial charge on any atom is -0.482 e. The van der Waals surface area contributed by atoms with Gasteiger partial charge in [0.15, 0.2) is 6.10 Å². The summed E-state index contributed by atoms with van der Waals surface area (Å²) in [6.07, 6.45) is 0.543. The lowest BCUT2D eigenvalue weighted by Crippen LogP contribution is -2.42. The van der Waals surface area contributed by atoms with Gasteiger partial charge in [-0.3, -0.25) is 4.18 Å². The van der Waals surface area contributed by atoms with Crippen molar-refractivity contribution in [3.05, 3.63) is 65.2 Å². The molecule has 0 aromatic heterocycles. The molecule has 0 bridgehead atoms. The van der Waals surface area contributed by atoms with E-state index in [2.05, 4.69) is 0 Å². The molecule has 0 saturated heterocycles. The molecule has 3 rings (SSSR count). The number of rotatable bonds is 5. The number of benzene rings is 2. The third-order valence-corrected chi connectivity index (χ3v) is 4.73. The first-order valence-corrected chi connectivity index (χ1v) is 9.47. The van der Waals surface area contributed by atoms with E-state index >= 15 is 0 Å². The summed E-state index contributed by atoms with van der Waals surface area (Å²) in [7, 11) is -3.66. The van der Waals surface area contributed by atoms with Crippen LogP contribution in [0.1, 0.15) is 22.8 Å². The first-order valence-electron chi connectivity index (χ1n) is 7.65. The molecule has 2 aromatic rings. The van der Waals surface area contributed by atoms with E-state index in [0.717, 1.165) is 22.9 Å². The molecule has 1 N–H and O–H groups in total. The van der Waals surface area contributed by atoms with E-state index in [9.17, 15) is 13.5 Å². The molecule has 0 saturated carbocycles. The summed E-state index contributed by atoms with van der Waals surface area (Å²) in [5, 5.41) is 11.1.